The van der Waals surface area contributed by atoms with Crippen LogP contribution in [0.5, 0.6) is 0 Å². The van der Waals surface area contributed by atoms with E-state index in [1.165, 1.54) is 11.1 Å². The molecule has 0 radical (unpaired) electrons. The van der Waals surface area contributed by atoms with Crippen molar-refractivity contribution in [3.05, 3.63) is 63.6 Å². The third kappa shape index (κ3) is 2.43. The molecule has 0 saturated carbocycles. The molecule has 0 heterocycles. The minimum absolute atomic E-state index is 0.298. The van der Waals surface area contributed by atoms with Crippen molar-refractivity contribution in [3.8, 4) is 0 Å². The molecule has 2 aromatic rings. The molecule has 0 aromatic heterocycles. The van der Waals surface area contributed by atoms with E-state index in [1.807, 2.05) is 12.1 Å². The first-order valence-corrected chi connectivity index (χ1v) is 7.29. The number of carbonyl (C=O) groups is 1. The molecule has 2 aromatic carbocycles. The molecule has 20 heavy (non-hydrogen) atoms. The first-order chi connectivity index (χ1) is 9.65. The van der Waals surface area contributed by atoms with Crippen LogP contribution < -0.4 is 5.32 Å². The number of benzene rings is 2. The number of anilines is 1. The number of hydrogen-bond donors (Lipinski definition) is 2. The summed E-state index contributed by atoms with van der Waals surface area (Å²) in [7, 11) is 0. The Morgan fingerprint density at radius 3 is 2.85 bits per heavy atom. The molecule has 0 fully saturated rings. The zero-order chi connectivity index (χ0) is 14.1. The van der Waals surface area contributed by atoms with E-state index in [0.717, 1.165) is 17.4 Å². The van der Waals surface area contributed by atoms with Crippen LogP contribution in [0.3, 0.4) is 0 Å². The van der Waals surface area contributed by atoms with Gasteiger partial charge in [0.1, 0.15) is 0 Å². The minimum Gasteiger partial charge on any atom is -0.478 e. The van der Waals surface area contributed by atoms with Crippen LogP contribution in [0.4, 0.5) is 5.69 Å². The highest BCUT2D eigenvalue weighted by atomic mass is 79.9. The van der Waals surface area contributed by atoms with Crippen LogP contribution in [-0.2, 0) is 6.42 Å². The highest BCUT2D eigenvalue weighted by Crippen LogP contribution is 2.35. The molecule has 1 aliphatic carbocycles. The smallest absolute Gasteiger partial charge is 0.337 e. The Morgan fingerprint density at radius 2 is 2.10 bits per heavy atom. The van der Waals surface area contributed by atoms with Gasteiger partial charge in [0.2, 0.25) is 0 Å². The Kier molecular flexibility index (Phi) is 3.49. The van der Waals surface area contributed by atoms with E-state index < -0.39 is 5.97 Å². The van der Waals surface area contributed by atoms with E-state index >= 15 is 0 Å². The van der Waals surface area contributed by atoms with Crippen molar-refractivity contribution in [2.75, 3.05) is 11.9 Å². The van der Waals surface area contributed by atoms with Crippen LogP contribution in [0, 0.1) is 0 Å². The maximum atomic E-state index is 11.2. The molecular weight excluding hydrogens is 318 g/mol. The molecule has 0 saturated heterocycles. The van der Waals surface area contributed by atoms with Crippen molar-refractivity contribution in [2.24, 2.45) is 0 Å². The van der Waals surface area contributed by atoms with Gasteiger partial charge in [-0.3, -0.25) is 0 Å². The predicted molar refractivity (Wildman–Crippen MR) is 82.5 cm³/mol. The fraction of sp³-hybridized carbons (Fsp3) is 0.188. The molecule has 1 atom stereocenters. The predicted octanol–water partition coefficient (Wildman–Crippen LogP) is 3.90. The largest absolute Gasteiger partial charge is 0.478 e. The van der Waals surface area contributed by atoms with Gasteiger partial charge in [0.25, 0.3) is 0 Å². The molecule has 0 bridgehead atoms. The summed E-state index contributed by atoms with van der Waals surface area (Å²) in [4.78, 5) is 11.2. The third-order valence-corrected chi connectivity index (χ3v) is 4.21. The maximum Gasteiger partial charge on any atom is 0.337 e. The van der Waals surface area contributed by atoms with Crippen LogP contribution in [0.15, 0.2) is 46.9 Å². The van der Waals surface area contributed by atoms with Gasteiger partial charge in [0, 0.05) is 22.6 Å². The Hall–Kier alpha value is -1.81. The van der Waals surface area contributed by atoms with Crippen molar-refractivity contribution in [2.45, 2.75) is 12.3 Å². The van der Waals surface area contributed by atoms with Crippen LogP contribution in [0.2, 0.25) is 0 Å². The molecule has 1 unspecified atom stereocenters. The SMILES string of the molecule is O=C(O)c1cc(Br)ccc1NCC1Cc2ccccc21. The quantitative estimate of drug-likeness (QED) is 0.893. The molecule has 4 heteroatoms. The number of aromatic carboxylic acids is 1. The standard InChI is InChI=1S/C16H14BrNO2/c17-12-5-6-15(14(8-12)16(19)20)18-9-11-7-10-3-1-2-4-13(10)11/h1-6,8,11,18H,7,9H2,(H,19,20). The summed E-state index contributed by atoms with van der Waals surface area (Å²) in [5.41, 5.74) is 3.74. The van der Waals surface area contributed by atoms with E-state index in [4.69, 9.17) is 0 Å². The Bertz CT molecular complexity index is 669. The van der Waals surface area contributed by atoms with E-state index in [2.05, 4.69) is 39.4 Å². The monoisotopic (exact) mass is 331 g/mol. The second kappa shape index (κ2) is 5.29. The lowest BCUT2D eigenvalue weighted by atomic mass is 9.77. The fourth-order valence-corrected chi connectivity index (χ4v) is 2.99. The summed E-state index contributed by atoms with van der Waals surface area (Å²) < 4.78 is 0.773. The number of nitrogens with one attached hydrogen (secondary N) is 1. The lowest BCUT2D eigenvalue weighted by molar-refractivity contribution is 0.0698. The van der Waals surface area contributed by atoms with E-state index in [-0.39, 0.29) is 0 Å². The number of carboxylic acid groups (broad SMARTS) is 1. The third-order valence-electron chi connectivity index (χ3n) is 3.71. The van der Waals surface area contributed by atoms with Gasteiger partial charge in [-0.25, -0.2) is 4.79 Å². The minimum atomic E-state index is -0.914. The van der Waals surface area contributed by atoms with Gasteiger partial charge in [-0.2, -0.15) is 0 Å². The second-order valence-electron chi connectivity index (χ2n) is 4.98. The van der Waals surface area contributed by atoms with Crippen molar-refractivity contribution >= 4 is 27.6 Å². The molecular formula is C16H14BrNO2. The van der Waals surface area contributed by atoms with Crippen LogP contribution >= 0.6 is 15.9 Å². The summed E-state index contributed by atoms with van der Waals surface area (Å²) in [6.07, 6.45) is 1.06. The van der Waals surface area contributed by atoms with E-state index in [1.54, 1.807) is 12.1 Å². The second-order valence-corrected chi connectivity index (χ2v) is 5.89. The lowest BCUT2D eigenvalue weighted by Crippen LogP contribution is -2.24. The van der Waals surface area contributed by atoms with E-state index in [0.29, 0.717) is 17.2 Å². The van der Waals surface area contributed by atoms with Crippen molar-refractivity contribution in [1.29, 1.82) is 0 Å². The number of fused-ring (bicyclic) bond motifs is 1. The molecule has 2 N–H and O–H groups in total. The summed E-state index contributed by atoms with van der Waals surface area (Å²) in [5.74, 6) is -0.445. The first kappa shape index (κ1) is 13.2. The average Bonchev–Trinajstić information content (AvgIpc) is 2.41. The van der Waals surface area contributed by atoms with Gasteiger partial charge >= 0.3 is 5.97 Å². The number of carboxylic acids is 1. The topological polar surface area (TPSA) is 49.3 Å². The molecule has 1 aliphatic rings. The first-order valence-electron chi connectivity index (χ1n) is 6.49. The number of rotatable bonds is 4. The average molecular weight is 332 g/mol. The van der Waals surface area contributed by atoms with Gasteiger partial charge in [0.15, 0.2) is 0 Å². The Balaban J connectivity index is 1.73. The zero-order valence-electron chi connectivity index (χ0n) is 10.8. The van der Waals surface area contributed by atoms with Gasteiger partial charge in [0.05, 0.1) is 5.56 Å². The summed E-state index contributed by atoms with van der Waals surface area (Å²) in [6.45, 7) is 0.763. The molecule has 3 nitrogen and oxygen atoms in total. The van der Waals surface area contributed by atoms with E-state index in [9.17, 15) is 9.90 Å². The molecule has 0 aliphatic heterocycles. The summed E-state index contributed by atoms with van der Waals surface area (Å²) >= 11 is 3.30. The highest BCUT2D eigenvalue weighted by molar-refractivity contribution is 9.10. The summed E-state index contributed by atoms with van der Waals surface area (Å²) in [6, 6.07) is 13.7. The fourth-order valence-electron chi connectivity index (χ4n) is 2.63. The molecule has 0 amide bonds. The Morgan fingerprint density at radius 1 is 1.30 bits per heavy atom. The molecule has 3 rings (SSSR count). The number of hydrogen-bond acceptors (Lipinski definition) is 2. The van der Waals surface area contributed by atoms with Gasteiger partial charge in [-0.15, -0.1) is 0 Å². The van der Waals surface area contributed by atoms with Gasteiger partial charge < -0.3 is 10.4 Å². The van der Waals surface area contributed by atoms with Crippen molar-refractivity contribution in [1.82, 2.24) is 0 Å². The number of halogens is 1. The van der Waals surface area contributed by atoms with Crippen molar-refractivity contribution in [3.63, 3.8) is 0 Å². The van der Waals surface area contributed by atoms with Crippen LogP contribution in [0.1, 0.15) is 27.4 Å². The maximum absolute atomic E-state index is 11.2. The highest BCUT2D eigenvalue weighted by Gasteiger charge is 2.25. The summed E-state index contributed by atoms with van der Waals surface area (Å²) in [5, 5.41) is 12.5. The zero-order valence-corrected chi connectivity index (χ0v) is 12.4. The van der Waals surface area contributed by atoms with Crippen LogP contribution in [-0.4, -0.2) is 17.6 Å². The van der Waals surface area contributed by atoms with Crippen LogP contribution in [0.25, 0.3) is 0 Å². The van der Waals surface area contributed by atoms with Gasteiger partial charge in [-0.05, 0) is 35.7 Å². The lowest BCUT2D eigenvalue weighted by Gasteiger charge is -2.30. The van der Waals surface area contributed by atoms with Crippen molar-refractivity contribution < 1.29 is 9.90 Å². The molecule has 0 spiro atoms. The Labute approximate surface area is 125 Å². The van der Waals surface area contributed by atoms with Gasteiger partial charge in [-0.1, -0.05) is 40.2 Å². The molecule has 102 valence electrons. The normalized spacial score (nSPS) is 16.1.